The van der Waals surface area contributed by atoms with Crippen LogP contribution >= 0.6 is 15.6 Å². The van der Waals surface area contributed by atoms with Gasteiger partial charge in [-0.2, -0.15) is 0 Å². The predicted octanol–water partition coefficient (Wildman–Crippen LogP) is 18.9. The Morgan fingerprint density at radius 2 is 0.552 bits per heavy atom. The van der Waals surface area contributed by atoms with Crippen LogP contribution in [0, 0.1) is 23.7 Å². The van der Waals surface area contributed by atoms with Crippen molar-refractivity contribution >= 4 is 39.5 Å². The van der Waals surface area contributed by atoms with Crippen LogP contribution in [-0.2, 0) is 65.4 Å². The van der Waals surface area contributed by atoms with E-state index in [1.807, 2.05) is 0 Å². The molecule has 87 heavy (non-hydrogen) atoms. The van der Waals surface area contributed by atoms with Gasteiger partial charge >= 0.3 is 39.5 Å². The Morgan fingerprint density at radius 1 is 0.322 bits per heavy atom. The Hall–Kier alpha value is -1.94. The molecular weight excluding hydrogens is 1150 g/mol. The van der Waals surface area contributed by atoms with Crippen LogP contribution in [0.1, 0.15) is 331 Å². The maximum absolute atomic E-state index is 13.0. The summed E-state index contributed by atoms with van der Waals surface area (Å²) < 4.78 is 68.2. The van der Waals surface area contributed by atoms with Crippen LogP contribution in [0.3, 0.4) is 0 Å². The molecule has 7 atom stereocenters. The first kappa shape index (κ1) is 85.1. The smallest absolute Gasteiger partial charge is 0.462 e. The third-order valence-corrected chi connectivity index (χ3v) is 18.2. The van der Waals surface area contributed by atoms with Crippen LogP contribution in [0.25, 0.3) is 0 Å². The molecule has 0 fully saturated rings. The summed E-state index contributed by atoms with van der Waals surface area (Å²) >= 11 is 0. The van der Waals surface area contributed by atoms with Crippen molar-refractivity contribution in [3.8, 4) is 0 Å². The molecule has 0 radical (unpaired) electrons. The van der Waals surface area contributed by atoms with Crippen LogP contribution < -0.4 is 0 Å². The zero-order valence-corrected chi connectivity index (χ0v) is 58.4. The molecule has 0 bridgehead atoms. The van der Waals surface area contributed by atoms with Gasteiger partial charge in [0.1, 0.15) is 19.3 Å². The number of esters is 4. The van der Waals surface area contributed by atoms with Gasteiger partial charge in [-0.15, -0.1) is 0 Å². The molecular formula is C68H132O17P2. The van der Waals surface area contributed by atoms with Crippen molar-refractivity contribution in [3.63, 3.8) is 0 Å². The minimum absolute atomic E-state index is 0.104. The highest BCUT2D eigenvalue weighted by atomic mass is 31.2. The fourth-order valence-corrected chi connectivity index (χ4v) is 11.7. The number of unbranched alkanes of at least 4 members (excludes halogenated alkanes) is 29. The van der Waals surface area contributed by atoms with E-state index < -0.39 is 97.5 Å². The van der Waals surface area contributed by atoms with E-state index in [4.69, 9.17) is 37.0 Å². The average Bonchev–Trinajstić information content (AvgIpc) is 3.65. The van der Waals surface area contributed by atoms with Crippen molar-refractivity contribution in [2.24, 2.45) is 23.7 Å². The quantitative estimate of drug-likeness (QED) is 0.0222. The molecule has 0 rings (SSSR count). The van der Waals surface area contributed by atoms with Gasteiger partial charge in [-0.25, -0.2) is 9.13 Å². The molecule has 516 valence electrons. The molecule has 17 nitrogen and oxygen atoms in total. The number of aliphatic hydroxyl groups is 1. The standard InChI is InChI=1S/C68H132O17P2/c1-9-60(7)46-38-30-22-15-17-24-32-40-48-65(70)78-54-63(85-68(73)51-43-35-26-18-16-23-31-39-47-61(8)10-2)56-82-86(74,75)80-52-62(69)53-81-87(76,77)83-57-64(55-79-66(71)49-41-33-27-19-21-29-37-45-59(5)6)84-67(72)50-42-34-25-14-12-11-13-20-28-36-44-58(3)4/h58-64,69H,9-57H2,1-8H3,(H,74,75)(H,76,77)/t60?,61?,62?,63-,64-/m1/s1. The molecule has 0 aliphatic rings. The second-order valence-corrected chi connectivity index (χ2v) is 28.9. The van der Waals surface area contributed by atoms with Gasteiger partial charge < -0.3 is 33.8 Å². The molecule has 0 spiro atoms. The maximum atomic E-state index is 13.0. The fourth-order valence-electron chi connectivity index (χ4n) is 10.1. The van der Waals surface area contributed by atoms with E-state index in [0.717, 1.165) is 114 Å². The minimum atomic E-state index is -4.95. The van der Waals surface area contributed by atoms with Crippen LogP contribution in [-0.4, -0.2) is 96.7 Å². The van der Waals surface area contributed by atoms with E-state index in [2.05, 4.69) is 55.4 Å². The Morgan fingerprint density at radius 3 is 0.816 bits per heavy atom. The summed E-state index contributed by atoms with van der Waals surface area (Å²) in [4.78, 5) is 72.4. The van der Waals surface area contributed by atoms with E-state index in [-0.39, 0.29) is 25.7 Å². The first-order valence-electron chi connectivity index (χ1n) is 35.3. The highest BCUT2D eigenvalue weighted by molar-refractivity contribution is 7.47. The summed E-state index contributed by atoms with van der Waals surface area (Å²) in [5, 5.41) is 10.6. The number of carbonyl (C=O) groups is 4. The van der Waals surface area contributed by atoms with Gasteiger partial charge in [0.2, 0.25) is 0 Å². The number of carbonyl (C=O) groups excluding carboxylic acids is 4. The monoisotopic (exact) mass is 1280 g/mol. The second kappa shape index (κ2) is 57.9. The molecule has 19 heteroatoms. The fraction of sp³-hybridized carbons (Fsp3) is 0.941. The van der Waals surface area contributed by atoms with Crippen LogP contribution in [0.15, 0.2) is 0 Å². The maximum Gasteiger partial charge on any atom is 0.472 e. The molecule has 0 saturated carbocycles. The van der Waals surface area contributed by atoms with E-state index in [1.165, 1.54) is 128 Å². The molecule has 0 aliphatic carbocycles. The van der Waals surface area contributed by atoms with Crippen molar-refractivity contribution in [2.45, 2.75) is 350 Å². The van der Waals surface area contributed by atoms with Gasteiger partial charge in [0, 0.05) is 25.7 Å². The van der Waals surface area contributed by atoms with Gasteiger partial charge in [-0.3, -0.25) is 37.3 Å². The number of hydrogen-bond acceptors (Lipinski definition) is 15. The highest BCUT2D eigenvalue weighted by Gasteiger charge is 2.30. The Balaban J connectivity index is 5.27. The highest BCUT2D eigenvalue weighted by Crippen LogP contribution is 2.45. The van der Waals surface area contributed by atoms with Crippen LogP contribution in [0.5, 0.6) is 0 Å². The van der Waals surface area contributed by atoms with E-state index >= 15 is 0 Å². The molecule has 0 aromatic rings. The lowest BCUT2D eigenvalue weighted by molar-refractivity contribution is -0.161. The third-order valence-electron chi connectivity index (χ3n) is 16.3. The van der Waals surface area contributed by atoms with Crippen LogP contribution in [0.2, 0.25) is 0 Å². The molecule has 0 aliphatic heterocycles. The number of phosphoric ester groups is 2. The predicted molar refractivity (Wildman–Crippen MR) is 349 cm³/mol. The first-order valence-corrected chi connectivity index (χ1v) is 38.3. The van der Waals surface area contributed by atoms with Gasteiger partial charge in [0.25, 0.3) is 0 Å². The molecule has 0 saturated heterocycles. The Labute approximate surface area is 530 Å². The minimum Gasteiger partial charge on any atom is -0.462 e. The number of rotatable bonds is 65. The van der Waals surface area contributed by atoms with Crippen molar-refractivity contribution in [2.75, 3.05) is 39.6 Å². The lowest BCUT2D eigenvalue weighted by Crippen LogP contribution is -2.30. The number of aliphatic hydroxyl groups excluding tert-OH is 1. The van der Waals surface area contributed by atoms with Gasteiger partial charge in [-0.1, -0.05) is 280 Å². The first-order chi connectivity index (χ1) is 41.7. The normalized spacial score (nSPS) is 15.0. The number of hydrogen-bond donors (Lipinski definition) is 3. The van der Waals surface area contributed by atoms with Crippen molar-refractivity contribution in [1.82, 2.24) is 0 Å². The average molecular weight is 1280 g/mol. The molecule has 5 unspecified atom stereocenters. The Kier molecular flexibility index (Phi) is 56.6. The summed E-state index contributed by atoms with van der Waals surface area (Å²) in [5.41, 5.74) is 0. The van der Waals surface area contributed by atoms with E-state index in [0.29, 0.717) is 31.6 Å². The van der Waals surface area contributed by atoms with Crippen molar-refractivity contribution < 1.29 is 80.2 Å². The van der Waals surface area contributed by atoms with E-state index in [9.17, 15) is 43.2 Å². The van der Waals surface area contributed by atoms with Gasteiger partial charge in [-0.05, 0) is 49.4 Å². The molecule has 0 aromatic carbocycles. The zero-order valence-electron chi connectivity index (χ0n) is 56.6. The SMILES string of the molecule is CCC(C)CCCCCCCCCCC(=O)OC[C@H](COP(=O)(O)OCC(O)COP(=O)(O)OC[C@@H](COC(=O)CCCCCCCCCC(C)C)OC(=O)CCCCCCCCCCCCC(C)C)OC(=O)CCCCCCCCCCC(C)CC. The largest absolute Gasteiger partial charge is 0.472 e. The van der Waals surface area contributed by atoms with Crippen LogP contribution in [0.4, 0.5) is 0 Å². The number of ether oxygens (including phenoxy) is 4. The lowest BCUT2D eigenvalue weighted by Gasteiger charge is -2.21. The molecule has 0 heterocycles. The van der Waals surface area contributed by atoms with Gasteiger partial charge in [0.05, 0.1) is 26.4 Å². The van der Waals surface area contributed by atoms with Gasteiger partial charge in [0.15, 0.2) is 12.2 Å². The summed E-state index contributed by atoms with van der Waals surface area (Å²) in [6, 6.07) is 0. The second-order valence-electron chi connectivity index (χ2n) is 26.0. The van der Waals surface area contributed by atoms with E-state index in [1.54, 1.807) is 0 Å². The molecule has 3 N–H and O–H groups in total. The van der Waals surface area contributed by atoms with Crippen molar-refractivity contribution in [3.05, 3.63) is 0 Å². The topological polar surface area (TPSA) is 237 Å². The lowest BCUT2D eigenvalue weighted by atomic mass is 9.99. The summed E-state index contributed by atoms with van der Waals surface area (Å²) in [7, 11) is -9.90. The van der Waals surface area contributed by atoms with Crippen molar-refractivity contribution in [1.29, 1.82) is 0 Å². The Bertz CT molecular complexity index is 1730. The third kappa shape index (κ3) is 60.1. The summed E-state index contributed by atoms with van der Waals surface area (Å²) in [6.45, 7) is 14.1. The zero-order chi connectivity index (χ0) is 64.7. The summed E-state index contributed by atoms with van der Waals surface area (Å²) in [5.74, 6) is 0.870. The summed E-state index contributed by atoms with van der Waals surface area (Å²) in [6.07, 6.45) is 38.9. The molecule has 0 amide bonds. The molecule has 0 aromatic heterocycles. The number of phosphoric acid groups is 2.